The van der Waals surface area contributed by atoms with Crippen molar-refractivity contribution in [2.24, 2.45) is 0 Å². The molecule has 1 aromatic carbocycles. The van der Waals surface area contributed by atoms with Crippen molar-refractivity contribution < 1.29 is 13.9 Å². The Hall–Kier alpha value is -2.37. The zero-order valence-corrected chi connectivity index (χ0v) is 11.5. The van der Waals surface area contributed by atoms with E-state index in [4.69, 9.17) is 9.47 Å². The standard InChI is InChI=1S/C14H15FN2O3/c1-9-6-13(18)17(14(16-9)20-3)8-10-4-5-12(19-2)11(15)7-10/h4-7H,8H2,1-3H3. The van der Waals surface area contributed by atoms with E-state index in [-0.39, 0.29) is 23.9 Å². The van der Waals surface area contributed by atoms with Crippen LogP contribution in [-0.2, 0) is 6.54 Å². The minimum absolute atomic E-state index is 0.162. The first kappa shape index (κ1) is 14.0. The summed E-state index contributed by atoms with van der Waals surface area (Å²) in [6.45, 7) is 1.89. The summed E-state index contributed by atoms with van der Waals surface area (Å²) in [5.41, 5.74) is 0.948. The Labute approximate surface area is 115 Å². The van der Waals surface area contributed by atoms with Gasteiger partial charge < -0.3 is 9.47 Å². The molecule has 0 aliphatic heterocycles. The van der Waals surface area contributed by atoms with Crippen molar-refractivity contribution in [2.75, 3.05) is 14.2 Å². The third kappa shape index (κ3) is 2.79. The number of nitrogens with zero attached hydrogens (tertiary/aromatic N) is 2. The fourth-order valence-electron chi connectivity index (χ4n) is 1.89. The molecule has 2 rings (SSSR count). The lowest BCUT2D eigenvalue weighted by molar-refractivity contribution is 0.349. The van der Waals surface area contributed by atoms with Crippen molar-refractivity contribution in [3.05, 3.63) is 51.7 Å². The molecule has 2 aromatic rings. The van der Waals surface area contributed by atoms with Crippen LogP contribution in [0.1, 0.15) is 11.3 Å². The largest absolute Gasteiger partial charge is 0.494 e. The highest BCUT2D eigenvalue weighted by molar-refractivity contribution is 5.29. The second-order valence-corrected chi connectivity index (χ2v) is 4.28. The molecule has 0 spiro atoms. The van der Waals surface area contributed by atoms with Crippen LogP contribution in [0.5, 0.6) is 11.8 Å². The highest BCUT2D eigenvalue weighted by atomic mass is 19.1. The van der Waals surface area contributed by atoms with E-state index < -0.39 is 5.82 Å². The van der Waals surface area contributed by atoms with Crippen LogP contribution in [-0.4, -0.2) is 23.8 Å². The van der Waals surface area contributed by atoms with Crippen LogP contribution in [0, 0.1) is 12.7 Å². The predicted octanol–water partition coefficient (Wildman–Crippen LogP) is 1.76. The van der Waals surface area contributed by atoms with Gasteiger partial charge in [-0.25, -0.2) is 9.37 Å². The van der Waals surface area contributed by atoms with Crippen LogP contribution in [0.15, 0.2) is 29.1 Å². The van der Waals surface area contributed by atoms with Crippen molar-refractivity contribution >= 4 is 0 Å². The summed E-state index contributed by atoms with van der Waals surface area (Å²) in [5.74, 6) is -0.313. The van der Waals surface area contributed by atoms with Crippen LogP contribution in [0.4, 0.5) is 4.39 Å². The zero-order chi connectivity index (χ0) is 14.7. The molecule has 106 valence electrons. The zero-order valence-electron chi connectivity index (χ0n) is 11.5. The lowest BCUT2D eigenvalue weighted by atomic mass is 10.2. The lowest BCUT2D eigenvalue weighted by Crippen LogP contribution is -2.23. The summed E-state index contributed by atoms with van der Waals surface area (Å²) >= 11 is 0. The molecule has 0 saturated heterocycles. The summed E-state index contributed by atoms with van der Waals surface area (Å²) < 4.78 is 24.9. The van der Waals surface area contributed by atoms with Crippen molar-refractivity contribution in [1.82, 2.24) is 9.55 Å². The molecule has 0 amide bonds. The van der Waals surface area contributed by atoms with Gasteiger partial charge >= 0.3 is 0 Å². The molecular formula is C14H15FN2O3. The molecule has 0 N–H and O–H groups in total. The molecule has 0 radical (unpaired) electrons. The Kier molecular flexibility index (Phi) is 4.02. The molecule has 1 aromatic heterocycles. The maximum Gasteiger partial charge on any atom is 0.299 e. The van der Waals surface area contributed by atoms with Crippen LogP contribution < -0.4 is 15.0 Å². The van der Waals surface area contributed by atoms with Gasteiger partial charge in [0.05, 0.1) is 20.8 Å². The van der Waals surface area contributed by atoms with Crippen molar-refractivity contribution in [3.63, 3.8) is 0 Å². The molecule has 0 aliphatic carbocycles. The minimum atomic E-state index is -0.475. The van der Waals surface area contributed by atoms with E-state index in [1.54, 1.807) is 13.0 Å². The number of hydrogen-bond acceptors (Lipinski definition) is 4. The van der Waals surface area contributed by atoms with E-state index in [1.165, 1.54) is 37.0 Å². The van der Waals surface area contributed by atoms with Crippen LogP contribution in [0.2, 0.25) is 0 Å². The molecule has 5 nitrogen and oxygen atoms in total. The molecule has 0 fully saturated rings. The van der Waals surface area contributed by atoms with Gasteiger partial charge in [-0.1, -0.05) is 6.07 Å². The normalized spacial score (nSPS) is 10.4. The quantitative estimate of drug-likeness (QED) is 0.855. The molecule has 1 heterocycles. The minimum Gasteiger partial charge on any atom is -0.494 e. The fourth-order valence-corrected chi connectivity index (χ4v) is 1.89. The van der Waals surface area contributed by atoms with Gasteiger partial charge in [0.15, 0.2) is 11.6 Å². The number of aromatic nitrogens is 2. The van der Waals surface area contributed by atoms with Gasteiger partial charge in [-0.3, -0.25) is 9.36 Å². The van der Waals surface area contributed by atoms with Crippen molar-refractivity contribution in [1.29, 1.82) is 0 Å². The number of rotatable bonds is 4. The monoisotopic (exact) mass is 278 g/mol. The van der Waals surface area contributed by atoms with Crippen molar-refractivity contribution in [2.45, 2.75) is 13.5 Å². The van der Waals surface area contributed by atoms with Gasteiger partial charge in [0, 0.05) is 11.8 Å². The molecule has 0 atom stereocenters. The number of halogens is 1. The smallest absolute Gasteiger partial charge is 0.299 e. The first-order valence-corrected chi connectivity index (χ1v) is 6.00. The molecule has 0 bridgehead atoms. The van der Waals surface area contributed by atoms with E-state index in [9.17, 15) is 9.18 Å². The van der Waals surface area contributed by atoms with Gasteiger partial charge in [0.1, 0.15) is 0 Å². The predicted molar refractivity (Wildman–Crippen MR) is 71.8 cm³/mol. The Morgan fingerprint density at radius 1 is 1.25 bits per heavy atom. The van der Waals surface area contributed by atoms with E-state index in [2.05, 4.69) is 4.98 Å². The lowest BCUT2D eigenvalue weighted by Gasteiger charge is -2.11. The summed E-state index contributed by atoms with van der Waals surface area (Å²) in [7, 11) is 2.84. The summed E-state index contributed by atoms with van der Waals surface area (Å²) in [6.07, 6.45) is 0. The van der Waals surface area contributed by atoms with E-state index in [1.807, 2.05) is 0 Å². The second-order valence-electron chi connectivity index (χ2n) is 4.28. The van der Waals surface area contributed by atoms with Gasteiger partial charge in [0.25, 0.3) is 11.6 Å². The molecular weight excluding hydrogens is 263 g/mol. The second kappa shape index (κ2) is 5.73. The van der Waals surface area contributed by atoms with Crippen LogP contribution >= 0.6 is 0 Å². The Bertz CT molecular complexity index is 683. The topological polar surface area (TPSA) is 53.4 Å². The molecule has 0 saturated carbocycles. The SMILES string of the molecule is COc1ccc(Cn2c(OC)nc(C)cc2=O)cc1F. The summed E-state index contributed by atoms with van der Waals surface area (Å²) in [4.78, 5) is 16.1. The van der Waals surface area contributed by atoms with Crippen molar-refractivity contribution in [3.8, 4) is 11.8 Å². The van der Waals surface area contributed by atoms with Gasteiger partial charge in [-0.2, -0.15) is 0 Å². The van der Waals surface area contributed by atoms with Crippen LogP contribution in [0.3, 0.4) is 0 Å². The van der Waals surface area contributed by atoms with Gasteiger partial charge in [-0.05, 0) is 24.6 Å². The first-order chi connectivity index (χ1) is 9.55. The van der Waals surface area contributed by atoms with Gasteiger partial charge in [-0.15, -0.1) is 0 Å². The molecule has 0 aliphatic rings. The highest BCUT2D eigenvalue weighted by Crippen LogP contribution is 2.18. The maximum absolute atomic E-state index is 13.6. The van der Waals surface area contributed by atoms with Crippen LogP contribution in [0.25, 0.3) is 0 Å². The summed E-state index contributed by atoms with van der Waals surface area (Å²) in [6, 6.07) is 6.14. The Balaban J connectivity index is 2.40. The Morgan fingerprint density at radius 2 is 2.00 bits per heavy atom. The number of hydrogen-bond donors (Lipinski definition) is 0. The third-order valence-corrected chi connectivity index (χ3v) is 2.84. The van der Waals surface area contributed by atoms with E-state index >= 15 is 0 Å². The maximum atomic E-state index is 13.6. The number of aryl methyl sites for hydroxylation is 1. The molecule has 20 heavy (non-hydrogen) atoms. The number of ether oxygens (including phenoxy) is 2. The number of methoxy groups -OCH3 is 2. The average molecular weight is 278 g/mol. The van der Waals surface area contributed by atoms with E-state index in [0.29, 0.717) is 11.3 Å². The summed E-state index contributed by atoms with van der Waals surface area (Å²) in [5, 5.41) is 0. The highest BCUT2D eigenvalue weighted by Gasteiger charge is 2.10. The van der Waals surface area contributed by atoms with Gasteiger partial charge in [0.2, 0.25) is 0 Å². The Morgan fingerprint density at radius 3 is 2.60 bits per heavy atom. The average Bonchev–Trinajstić information content (AvgIpc) is 2.41. The number of benzene rings is 1. The molecule has 6 heteroatoms. The molecule has 0 unspecified atom stereocenters. The van der Waals surface area contributed by atoms with E-state index in [0.717, 1.165) is 0 Å². The first-order valence-electron chi connectivity index (χ1n) is 6.00. The third-order valence-electron chi connectivity index (χ3n) is 2.84. The fraction of sp³-hybridized carbons (Fsp3) is 0.286.